The minimum absolute atomic E-state index is 0.103. The van der Waals surface area contributed by atoms with Crippen LogP contribution >= 0.6 is 11.8 Å². The summed E-state index contributed by atoms with van der Waals surface area (Å²) in [6.07, 6.45) is 2.82. The summed E-state index contributed by atoms with van der Waals surface area (Å²) >= 11 is 1.56. The van der Waals surface area contributed by atoms with Crippen LogP contribution < -0.4 is 33.2 Å². The number of hydrogen-bond donors (Lipinski definition) is 7. The largest absolute Gasteiger partial charge is 0.480 e. The molecule has 0 spiro atoms. The van der Waals surface area contributed by atoms with Crippen LogP contribution in [0.15, 0.2) is 4.99 Å². The maximum atomic E-state index is 12.7. The Labute approximate surface area is 192 Å². The van der Waals surface area contributed by atoms with E-state index in [2.05, 4.69) is 20.9 Å². The van der Waals surface area contributed by atoms with E-state index in [0.717, 1.165) is 0 Å². The van der Waals surface area contributed by atoms with Gasteiger partial charge in [0.05, 0.1) is 6.04 Å². The summed E-state index contributed by atoms with van der Waals surface area (Å²) in [5.41, 5.74) is 16.3. The highest BCUT2D eigenvalue weighted by Gasteiger charge is 2.29. The van der Waals surface area contributed by atoms with E-state index in [1.807, 2.05) is 6.26 Å². The minimum Gasteiger partial charge on any atom is -0.480 e. The van der Waals surface area contributed by atoms with E-state index < -0.39 is 47.9 Å². The van der Waals surface area contributed by atoms with Crippen molar-refractivity contribution in [2.24, 2.45) is 28.1 Å². The number of amides is 3. The Morgan fingerprint density at radius 2 is 1.59 bits per heavy atom. The number of rotatable bonds is 15. The lowest BCUT2D eigenvalue weighted by Crippen LogP contribution is -2.57. The Bertz CT molecular complexity index is 670. The predicted molar refractivity (Wildman–Crippen MR) is 125 cm³/mol. The molecule has 0 aliphatic heterocycles. The highest BCUT2D eigenvalue weighted by molar-refractivity contribution is 7.98. The van der Waals surface area contributed by atoms with Crippen molar-refractivity contribution >= 4 is 41.4 Å². The first-order chi connectivity index (χ1) is 14.9. The van der Waals surface area contributed by atoms with Gasteiger partial charge in [0.2, 0.25) is 17.7 Å². The van der Waals surface area contributed by atoms with E-state index >= 15 is 0 Å². The van der Waals surface area contributed by atoms with Crippen LogP contribution in [0.3, 0.4) is 0 Å². The van der Waals surface area contributed by atoms with Crippen molar-refractivity contribution in [2.45, 2.75) is 64.2 Å². The van der Waals surface area contributed by atoms with Crippen molar-refractivity contribution in [1.29, 1.82) is 0 Å². The van der Waals surface area contributed by atoms with E-state index in [1.165, 1.54) is 6.92 Å². The summed E-state index contributed by atoms with van der Waals surface area (Å²) in [6.45, 7) is 5.15. The molecule has 12 nitrogen and oxygen atoms in total. The van der Waals surface area contributed by atoms with E-state index in [9.17, 15) is 24.3 Å². The molecule has 0 aromatic heterocycles. The molecule has 0 aliphatic rings. The average molecular weight is 476 g/mol. The second kappa shape index (κ2) is 15.3. The molecule has 3 amide bonds. The second-order valence-electron chi connectivity index (χ2n) is 7.70. The highest BCUT2D eigenvalue weighted by atomic mass is 32.2. The van der Waals surface area contributed by atoms with Gasteiger partial charge in [-0.2, -0.15) is 11.8 Å². The van der Waals surface area contributed by atoms with Crippen molar-refractivity contribution in [3.8, 4) is 0 Å². The number of nitrogens with two attached hydrogens (primary N) is 3. The molecule has 184 valence electrons. The quantitative estimate of drug-likeness (QED) is 0.0817. The third-order valence-corrected chi connectivity index (χ3v) is 5.17. The number of guanidine groups is 1. The number of aliphatic imine (C=N–C) groups is 1. The molecule has 0 aliphatic carbocycles. The van der Waals surface area contributed by atoms with Crippen molar-refractivity contribution in [1.82, 2.24) is 16.0 Å². The van der Waals surface area contributed by atoms with Gasteiger partial charge in [-0.15, -0.1) is 0 Å². The number of carbonyl (C=O) groups excluding carboxylic acids is 3. The zero-order valence-electron chi connectivity index (χ0n) is 19.1. The van der Waals surface area contributed by atoms with Gasteiger partial charge in [-0.3, -0.25) is 19.4 Å². The molecule has 0 bridgehead atoms. The maximum Gasteiger partial charge on any atom is 0.326 e. The van der Waals surface area contributed by atoms with Gasteiger partial charge >= 0.3 is 5.97 Å². The number of hydrogen-bond acceptors (Lipinski definition) is 7. The molecule has 32 heavy (non-hydrogen) atoms. The molecule has 0 heterocycles. The molecule has 0 saturated carbocycles. The first kappa shape index (κ1) is 29.5. The van der Waals surface area contributed by atoms with Gasteiger partial charge in [0.15, 0.2) is 5.96 Å². The summed E-state index contributed by atoms with van der Waals surface area (Å²) in [6, 6.07) is -3.82. The van der Waals surface area contributed by atoms with Crippen molar-refractivity contribution in [3.05, 3.63) is 0 Å². The number of aliphatic carboxylic acids is 1. The van der Waals surface area contributed by atoms with Crippen LogP contribution in [0.25, 0.3) is 0 Å². The third-order valence-electron chi connectivity index (χ3n) is 4.53. The molecule has 0 radical (unpaired) electrons. The van der Waals surface area contributed by atoms with Crippen LogP contribution in [0.4, 0.5) is 0 Å². The third kappa shape index (κ3) is 11.7. The van der Waals surface area contributed by atoms with Crippen LogP contribution in [-0.4, -0.2) is 77.5 Å². The van der Waals surface area contributed by atoms with Gasteiger partial charge in [0, 0.05) is 6.54 Å². The normalized spacial score (nSPS) is 14.6. The molecule has 4 unspecified atom stereocenters. The van der Waals surface area contributed by atoms with Crippen LogP contribution in [0.5, 0.6) is 0 Å². The fourth-order valence-corrected chi connectivity index (χ4v) is 3.09. The molecule has 0 fully saturated rings. The van der Waals surface area contributed by atoms with Crippen LogP contribution in [0.1, 0.15) is 40.0 Å². The predicted octanol–water partition coefficient (Wildman–Crippen LogP) is -1.66. The number of carbonyl (C=O) groups is 4. The molecule has 0 aromatic carbocycles. The minimum atomic E-state index is -1.21. The first-order valence-electron chi connectivity index (χ1n) is 10.3. The Hall–Kier alpha value is -2.54. The number of nitrogens with zero attached hydrogens (tertiary/aromatic N) is 1. The SMILES string of the molecule is CSCCC(N)C(=O)NC(C(=O)NC(C)C(=O)NC(CCCN=C(N)N)C(=O)O)C(C)C. The molecule has 0 aromatic rings. The molecular formula is C19H37N7O5S. The number of thioether (sulfide) groups is 1. The van der Waals surface area contributed by atoms with E-state index in [4.69, 9.17) is 17.2 Å². The van der Waals surface area contributed by atoms with E-state index in [0.29, 0.717) is 18.6 Å². The zero-order chi connectivity index (χ0) is 24.8. The van der Waals surface area contributed by atoms with E-state index in [1.54, 1.807) is 25.6 Å². The Kier molecular flexibility index (Phi) is 14.1. The second-order valence-corrected chi connectivity index (χ2v) is 8.68. The van der Waals surface area contributed by atoms with Crippen molar-refractivity contribution < 1.29 is 24.3 Å². The van der Waals surface area contributed by atoms with Gasteiger partial charge in [0.25, 0.3) is 0 Å². The fraction of sp³-hybridized carbons (Fsp3) is 0.737. The molecular weight excluding hydrogens is 438 g/mol. The average Bonchev–Trinajstić information content (AvgIpc) is 2.70. The molecule has 10 N–H and O–H groups in total. The number of carboxylic acid groups (broad SMARTS) is 1. The number of carboxylic acids is 1. The maximum absolute atomic E-state index is 12.7. The van der Waals surface area contributed by atoms with Gasteiger partial charge < -0.3 is 38.3 Å². The summed E-state index contributed by atoms with van der Waals surface area (Å²) in [7, 11) is 0. The summed E-state index contributed by atoms with van der Waals surface area (Å²) < 4.78 is 0. The van der Waals surface area contributed by atoms with Gasteiger partial charge in [-0.25, -0.2) is 4.79 Å². The molecule has 0 saturated heterocycles. The summed E-state index contributed by atoms with van der Waals surface area (Å²) in [4.78, 5) is 52.5. The Balaban J connectivity index is 4.90. The van der Waals surface area contributed by atoms with Gasteiger partial charge in [-0.1, -0.05) is 13.8 Å². The van der Waals surface area contributed by atoms with Gasteiger partial charge in [0.1, 0.15) is 18.1 Å². The number of nitrogens with one attached hydrogen (secondary N) is 3. The standard InChI is InChI=1S/C19H37N7O5S/c1-10(2)14(26-16(28)12(20)7-9-32-4)17(29)24-11(3)15(27)25-13(18(30)31)6-5-8-23-19(21)22/h10-14H,5-9,20H2,1-4H3,(H,24,29)(H,25,27)(H,26,28)(H,30,31)(H4,21,22,23). The molecule has 0 rings (SSSR count). The first-order valence-corrected chi connectivity index (χ1v) is 11.7. The van der Waals surface area contributed by atoms with E-state index in [-0.39, 0.29) is 24.8 Å². The molecule has 13 heteroatoms. The monoisotopic (exact) mass is 475 g/mol. The zero-order valence-corrected chi connectivity index (χ0v) is 19.9. The topological polar surface area (TPSA) is 215 Å². The lowest BCUT2D eigenvalue weighted by atomic mass is 10.0. The van der Waals surface area contributed by atoms with Gasteiger partial charge in [-0.05, 0) is 44.1 Å². The lowest BCUT2D eigenvalue weighted by molar-refractivity contribution is -0.142. The Morgan fingerprint density at radius 3 is 2.09 bits per heavy atom. The van der Waals surface area contributed by atoms with Crippen LogP contribution in [0, 0.1) is 5.92 Å². The summed E-state index contributed by atoms with van der Waals surface area (Å²) in [5.74, 6) is -2.55. The molecule has 4 atom stereocenters. The van der Waals surface area contributed by atoms with Crippen LogP contribution in [0.2, 0.25) is 0 Å². The van der Waals surface area contributed by atoms with Crippen molar-refractivity contribution in [3.63, 3.8) is 0 Å². The fourth-order valence-electron chi connectivity index (χ4n) is 2.60. The Morgan fingerprint density at radius 1 is 0.969 bits per heavy atom. The lowest BCUT2D eigenvalue weighted by Gasteiger charge is -2.25. The van der Waals surface area contributed by atoms with Crippen molar-refractivity contribution in [2.75, 3.05) is 18.6 Å². The highest BCUT2D eigenvalue weighted by Crippen LogP contribution is 2.06. The van der Waals surface area contributed by atoms with Crippen LogP contribution in [-0.2, 0) is 19.2 Å². The smallest absolute Gasteiger partial charge is 0.326 e. The summed E-state index contributed by atoms with van der Waals surface area (Å²) in [5, 5.41) is 16.9.